The first-order valence-electron chi connectivity index (χ1n) is 5.77. The molecule has 0 amide bonds. The molecular formula is C12H17F3N2O. The summed E-state index contributed by atoms with van der Waals surface area (Å²) in [6, 6.07) is 5.97. The zero-order valence-electron chi connectivity index (χ0n) is 10.2. The topological polar surface area (TPSA) is 33.3 Å². The number of rotatable bonds is 7. The predicted molar refractivity (Wildman–Crippen MR) is 63.4 cm³/mol. The molecule has 0 aliphatic heterocycles. The van der Waals surface area contributed by atoms with Gasteiger partial charge in [-0.05, 0) is 24.2 Å². The Morgan fingerprint density at radius 3 is 2.56 bits per heavy atom. The van der Waals surface area contributed by atoms with Crippen molar-refractivity contribution in [2.75, 3.05) is 19.6 Å². The van der Waals surface area contributed by atoms with E-state index in [9.17, 15) is 13.2 Å². The minimum absolute atomic E-state index is 0.187. The first-order valence-corrected chi connectivity index (χ1v) is 5.77. The lowest BCUT2D eigenvalue weighted by Crippen LogP contribution is -2.26. The van der Waals surface area contributed by atoms with Gasteiger partial charge < -0.3 is 15.4 Å². The summed E-state index contributed by atoms with van der Waals surface area (Å²) < 4.78 is 39.9. The molecule has 0 radical (unpaired) electrons. The van der Waals surface area contributed by atoms with Crippen molar-refractivity contribution >= 4 is 0 Å². The standard InChI is InChI=1S/C12H17F3N2O/c1-2-16-6-7-17-9-10-4-3-5-11(8-10)18-12(13,14)15/h3-5,8,16-17H,2,6-7,9H2,1H3. The van der Waals surface area contributed by atoms with Crippen LogP contribution in [0.3, 0.4) is 0 Å². The summed E-state index contributed by atoms with van der Waals surface area (Å²) >= 11 is 0. The van der Waals surface area contributed by atoms with Crippen molar-refractivity contribution in [2.24, 2.45) is 0 Å². The summed E-state index contributed by atoms with van der Waals surface area (Å²) in [5.74, 6) is -0.187. The van der Waals surface area contributed by atoms with Gasteiger partial charge in [0.25, 0.3) is 0 Å². The number of ether oxygens (including phenoxy) is 1. The van der Waals surface area contributed by atoms with Crippen molar-refractivity contribution in [3.63, 3.8) is 0 Å². The number of hydrogen-bond acceptors (Lipinski definition) is 3. The molecular weight excluding hydrogens is 245 g/mol. The molecule has 0 bridgehead atoms. The Balaban J connectivity index is 2.40. The lowest BCUT2D eigenvalue weighted by atomic mass is 10.2. The molecule has 1 rings (SSSR count). The molecule has 0 heterocycles. The second-order valence-electron chi connectivity index (χ2n) is 3.73. The van der Waals surface area contributed by atoms with Crippen LogP contribution in [-0.4, -0.2) is 26.0 Å². The molecule has 0 aromatic heterocycles. The highest BCUT2D eigenvalue weighted by Crippen LogP contribution is 2.23. The molecule has 18 heavy (non-hydrogen) atoms. The Morgan fingerprint density at radius 1 is 1.17 bits per heavy atom. The summed E-state index contributed by atoms with van der Waals surface area (Å²) in [5, 5.41) is 6.27. The fraction of sp³-hybridized carbons (Fsp3) is 0.500. The monoisotopic (exact) mass is 262 g/mol. The van der Waals surface area contributed by atoms with E-state index in [1.807, 2.05) is 6.92 Å². The van der Waals surface area contributed by atoms with Gasteiger partial charge in [0.2, 0.25) is 0 Å². The maximum Gasteiger partial charge on any atom is 0.573 e. The Hall–Kier alpha value is -1.27. The molecule has 0 saturated heterocycles. The highest BCUT2D eigenvalue weighted by atomic mass is 19.4. The maximum atomic E-state index is 12.0. The number of halogens is 3. The average molecular weight is 262 g/mol. The minimum atomic E-state index is -4.64. The molecule has 0 unspecified atom stereocenters. The van der Waals surface area contributed by atoms with Crippen LogP contribution in [0.15, 0.2) is 24.3 Å². The van der Waals surface area contributed by atoms with E-state index in [0.717, 1.165) is 25.2 Å². The lowest BCUT2D eigenvalue weighted by Gasteiger charge is -2.10. The normalized spacial score (nSPS) is 11.6. The zero-order chi connectivity index (χ0) is 13.4. The van der Waals surface area contributed by atoms with Gasteiger partial charge in [-0.15, -0.1) is 13.2 Å². The molecule has 0 aliphatic rings. The molecule has 2 N–H and O–H groups in total. The molecule has 0 fully saturated rings. The molecule has 1 aromatic rings. The van der Waals surface area contributed by atoms with Gasteiger partial charge in [0, 0.05) is 19.6 Å². The summed E-state index contributed by atoms with van der Waals surface area (Å²) in [5.41, 5.74) is 0.758. The van der Waals surface area contributed by atoms with E-state index in [4.69, 9.17) is 0 Å². The van der Waals surface area contributed by atoms with E-state index in [0.29, 0.717) is 6.54 Å². The molecule has 1 aromatic carbocycles. The van der Waals surface area contributed by atoms with E-state index in [1.165, 1.54) is 12.1 Å². The number of nitrogens with one attached hydrogen (secondary N) is 2. The van der Waals surface area contributed by atoms with Crippen LogP contribution >= 0.6 is 0 Å². The number of likely N-dealkylation sites (N-methyl/N-ethyl adjacent to an activating group) is 1. The Labute approximate surface area is 104 Å². The van der Waals surface area contributed by atoms with Gasteiger partial charge in [-0.25, -0.2) is 0 Å². The second kappa shape index (κ2) is 7.23. The van der Waals surface area contributed by atoms with Crippen LogP contribution in [0.2, 0.25) is 0 Å². The van der Waals surface area contributed by atoms with Gasteiger partial charge in [0.05, 0.1) is 0 Å². The SMILES string of the molecule is CCNCCNCc1cccc(OC(F)(F)F)c1. The van der Waals surface area contributed by atoms with Crippen LogP contribution in [0.5, 0.6) is 5.75 Å². The average Bonchev–Trinajstić information content (AvgIpc) is 2.27. The van der Waals surface area contributed by atoms with E-state index >= 15 is 0 Å². The van der Waals surface area contributed by atoms with Crippen molar-refractivity contribution in [3.05, 3.63) is 29.8 Å². The number of hydrogen-bond donors (Lipinski definition) is 2. The maximum absolute atomic E-state index is 12.0. The molecule has 0 atom stereocenters. The quantitative estimate of drug-likeness (QED) is 0.740. The largest absolute Gasteiger partial charge is 0.573 e. The van der Waals surface area contributed by atoms with E-state index in [-0.39, 0.29) is 5.75 Å². The number of benzene rings is 1. The third kappa shape index (κ3) is 6.46. The smallest absolute Gasteiger partial charge is 0.406 e. The fourth-order valence-electron chi connectivity index (χ4n) is 1.44. The summed E-state index contributed by atoms with van der Waals surface area (Å²) in [6.45, 7) is 5.02. The summed E-state index contributed by atoms with van der Waals surface area (Å²) in [6.07, 6.45) is -4.64. The second-order valence-corrected chi connectivity index (χ2v) is 3.73. The van der Waals surface area contributed by atoms with Gasteiger partial charge in [-0.2, -0.15) is 0 Å². The molecule has 0 saturated carbocycles. The van der Waals surface area contributed by atoms with E-state index < -0.39 is 6.36 Å². The van der Waals surface area contributed by atoms with E-state index in [1.54, 1.807) is 12.1 Å². The van der Waals surface area contributed by atoms with Crippen molar-refractivity contribution in [1.82, 2.24) is 10.6 Å². The Bertz CT molecular complexity index is 355. The van der Waals surface area contributed by atoms with Crippen molar-refractivity contribution in [2.45, 2.75) is 19.8 Å². The first kappa shape index (κ1) is 14.8. The Kier molecular flexibility index (Phi) is 5.94. The Morgan fingerprint density at radius 2 is 1.89 bits per heavy atom. The summed E-state index contributed by atoms with van der Waals surface area (Å²) in [4.78, 5) is 0. The van der Waals surface area contributed by atoms with Crippen LogP contribution in [0.25, 0.3) is 0 Å². The van der Waals surface area contributed by atoms with Gasteiger partial charge in [0.1, 0.15) is 5.75 Å². The number of alkyl halides is 3. The van der Waals surface area contributed by atoms with Crippen LogP contribution in [0, 0.1) is 0 Å². The van der Waals surface area contributed by atoms with Gasteiger partial charge in [-0.3, -0.25) is 0 Å². The third-order valence-electron chi connectivity index (χ3n) is 2.19. The fourth-order valence-corrected chi connectivity index (χ4v) is 1.44. The van der Waals surface area contributed by atoms with Gasteiger partial charge in [0.15, 0.2) is 0 Å². The zero-order valence-corrected chi connectivity index (χ0v) is 10.2. The lowest BCUT2D eigenvalue weighted by molar-refractivity contribution is -0.274. The van der Waals surface area contributed by atoms with Crippen LogP contribution < -0.4 is 15.4 Å². The molecule has 0 aliphatic carbocycles. The first-order chi connectivity index (χ1) is 8.51. The minimum Gasteiger partial charge on any atom is -0.406 e. The van der Waals surface area contributed by atoms with Crippen LogP contribution in [0.1, 0.15) is 12.5 Å². The van der Waals surface area contributed by atoms with Crippen molar-refractivity contribution < 1.29 is 17.9 Å². The van der Waals surface area contributed by atoms with Crippen LogP contribution in [0.4, 0.5) is 13.2 Å². The predicted octanol–water partition coefficient (Wildman–Crippen LogP) is 2.28. The molecule has 6 heteroatoms. The molecule has 3 nitrogen and oxygen atoms in total. The summed E-state index contributed by atoms with van der Waals surface area (Å²) in [7, 11) is 0. The molecule has 0 spiro atoms. The highest BCUT2D eigenvalue weighted by molar-refractivity contribution is 5.28. The van der Waals surface area contributed by atoms with Gasteiger partial charge >= 0.3 is 6.36 Å². The third-order valence-corrected chi connectivity index (χ3v) is 2.19. The van der Waals surface area contributed by atoms with Crippen molar-refractivity contribution in [3.8, 4) is 5.75 Å². The highest BCUT2D eigenvalue weighted by Gasteiger charge is 2.31. The molecule has 102 valence electrons. The van der Waals surface area contributed by atoms with Gasteiger partial charge in [-0.1, -0.05) is 19.1 Å². The van der Waals surface area contributed by atoms with E-state index in [2.05, 4.69) is 15.4 Å². The van der Waals surface area contributed by atoms with Crippen LogP contribution in [-0.2, 0) is 6.54 Å². The van der Waals surface area contributed by atoms with Crippen molar-refractivity contribution in [1.29, 1.82) is 0 Å².